The second-order valence-electron chi connectivity index (χ2n) is 10.5. The van der Waals surface area contributed by atoms with Gasteiger partial charge in [0, 0.05) is 36.1 Å². The SMILES string of the molecule is Cc1c(COc2cc(OCc3cncc(C#N)c3)c(CN[C@](C)(CO)C(=O)O)cc2Cl)cccc1-c1ccc2[nH]cnc2c1. The van der Waals surface area contributed by atoms with Crippen molar-refractivity contribution in [2.75, 3.05) is 6.61 Å². The summed E-state index contributed by atoms with van der Waals surface area (Å²) < 4.78 is 12.3. The molecule has 0 aliphatic rings. The summed E-state index contributed by atoms with van der Waals surface area (Å²) in [4.78, 5) is 23.3. The fourth-order valence-electron chi connectivity index (χ4n) is 4.64. The number of imidazole rings is 1. The Morgan fingerprint density at radius 1 is 1.09 bits per heavy atom. The van der Waals surface area contributed by atoms with Crippen LogP contribution < -0.4 is 14.8 Å². The minimum atomic E-state index is -1.58. The number of aliphatic carboxylic acids is 1. The summed E-state index contributed by atoms with van der Waals surface area (Å²) in [7, 11) is 0. The second-order valence-corrected chi connectivity index (χ2v) is 10.9. The van der Waals surface area contributed by atoms with E-state index in [0.29, 0.717) is 33.2 Å². The predicted molar refractivity (Wildman–Crippen MR) is 165 cm³/mol. The van der Waals surface area contributed by atoms with Crippen LogP contribution in [0.15, 0.2) is 73.3 Å². The van der Waals surface area contributed by atoms with Crippen LogP contribution in [0.5, 0.6) is 11.5 Å². The number of carboxylic acid groups (broad SMARTS) is 1. The van der Waals surface area contributed by atoms with Gasteiger partial charge in [-0.15, -0.1) is 0 Å². The third kappa shape index (κ3) is 6.66. The van der Waals surface area contributed by atoms with Gasteiger partial charge >= 0.3 is 5.97 Å². The highest BCUT2D eigenvalue weighted by molar-refractivity contribution is 6.32. The molecule has 2 heterocycles. The first-order chi connectivity index (χ1) is 21.2. The van der Waals surface area contributed by atoms with Gasteiger partial charge in [0.05, 0.1) is 34.6 Å². The molecule has 0 aliphatic heterocycles. The Balaban J connectivity index is 1.40. The lowest BCUT2D eigenvalue weighted by molar-refractivity contribution is -0.145. The van der Waals surface area contributed by atoms with Crippen LogP contribution in [-0.2, 0) is 24.6 Å². The van der Waals surface area contributed by atoms with Crippen molar-refractivity contribution in [2.24, 2.45) is 0 Å². The Hall–Kier alpha value is -4.95. The number of aliphatic hydroxyl groups is 1. The van der Waals surface area contributed by atoms with Gasteiger partial charge in [-0.1, -0.05) is 35.9 Å². The summed E-state index contributed by atoms with van der Waals surface area (Å²) in [6.07, 6.45) is 4.73. The number of hydrogen-bond donors (Lipinski definition) is 4. The molecule has 0 aliphatic carbocycles. The zero-order valence-electron chi connectivity index (χ0n) is 24.1. The quantitative estimate of drug-likeness (QED) is 0.142. The Bertz CT molecular complexity index is 1870. The average Bonchev–Trinajstić information content (AvgIpc) is 3.51. The first-order valence-corrected chi connectivity index (χ1v) is 14.1. The Morgan fingerprint density at radius 3 is 2.68 bits per heavy atom. The van der Waals surface area contributed by atoms with E-state index in [1.54, 1.807) is 30.7 Å². The predicted octanol–water partition coefficient (Wildman–Crippen LogP) is 5.54. The fourth-order valence-corrected chi connectivity index (χ4v) is 4.89. The van der Waals surface area contributed by atoms with E-state index in [0.717, 1.165) is 33.3 Å². The topological polar surface area (TPSA) is 153 Å². The van der Waals surface area contributed by atoms with E-state index >= 15 is 0 Å². The minimum absolute atomic E-state index is 0.0384. The number of ether oxygens (including phenoxy) is 2. The molecule has 44 heavy (non-hydrogen) atoms. The van der Waals surface area contributed by atoms with E-state index in [1.807, 2.05) is 31.2 Å². The van der Waals surface area contributed by atoms with Crippen molar-refractivity contribution in [3.05, 3.63) is 106 Å². The van der Waals surface area contributed by atoms with Crippen molar-refractivity contribution in [2.45, 2.75) is 39.1 Å². The highest BCUT2D eigenvalue weighted by Crippen LogP contribution is 2.35. The number of H-pyrrole nitrogens is 1. The highest BCUT2D eigenvalue weighted by atomic mass is 35.5. The zero-order chi connectivity index (χ0) is 31.3. The number of fused-ring (bicyclic) bond motifs is 1. The highest BCUT2D eigenvalue weighted by Gasteiger charge is 2.32. The number of hydrogen-bond acceptors (Lipinski definition) is 8. The third-order valence-corrected chi connectivity index (χ3v) is 7.75. The molecule has 5 rings (SSSR count). The number of rotatable bonds is 12. The molecule has 0 unspecified atom stereocenters. The number of aliphatic hydroxyl groups excluding tert-OH is 1. The molecule has 10 nitrogen and oxygen atoms in total. The number of carbonyl (C=O) groups is 1. The maximum Gasteiger partial charge on any atom is 0.326 e. The van der Waals surface area contributed by atoms with Crippen LogP contribution in [0.2, 0.25) is 5.02 Å². The summed E-state index contributed by atoms with van der Waals surface area (Å²) in [5.74, 6) is -0.433. The third-order valence-electron chi connectivity index (χ3n) is 7.45. The zero-order valence-corrected chi connectivity index (χ0v) is 24.9. The summed E-state index contributed by atoms with van der Waals surface area (Å²) in [5, 5.41) is 31.6. The number of pyridine rings is 1. The van der Waals surface area contributed by atoms with Gasteiger partial charge in [0.25, 0.3) is 0 Å². The first-order valence-electron chi connectivity index (χ1n) is 13.7. The molecule has 0 fully saturated rings. The van der Waals surface area contributed by atoms with E-state index in [-0.39, 0.29) is 19.8 Å². The van der Waals surface area contributed by atoms with Crippen LogP contribution in [0.3, 0.4) is 0 Å². The molecule has 0 radical (unpaired) electrons. The minimum Gasteiger partial charge on any atom is -0.488 e. The van der Waals surface area contributed by atoms with Gasteiger partial charge in [0.1, 0.15) is 36.3 Å². The first kappa shape index (κ1) is 30.5. The number of nitrogens with one attached hydrogen (secondary N) is 2. The van der Waals surface area contributed by atoms with Gasteiger partial charge in [-0.3, -0.25) is 15.1 Å². The number of halogens is 1. The molecule has 0 saturated carbocycles. The molecule has 0 saturated heterocycles. The van der Waals surface area contributed by atoms with E-state index in [9.17, 15) is 20.3 Å². The molecule has 11 heteroatoms. The van der Waals surface area contributed by atoms with Gasteiger partial charge in [-0.05, 0) is 60.4 Å². The normalized spacial score (nSPS) is 12.4. The van der Waals surface area contributed by atoms with Crippen molar-refractivity contribution < 1.29 is 24.5 Å². The van der Waals surface area contributed by atoms with Gasteiger partial charge in [0.15, 0.2) is 0 Å². The molecule has 224 valence electrons. The van der Waals surface area contributed by atoms with E-state index in [1.165, 1.54) is 13.1 Å². The van der Waals surface area contributed by atoms with Crippen molar-refractivity contribution in [1.82, 2.24) is 20.3 Å². The summed E-state index contributed by atoms with van der Waals surface area (Å²) in [5.41, 5.74) is 6.03. The van der Waals surface area contributed by atoms with Gasteiger partial charge in [-0.2, -0.15) is 5.26 Å². The lowest BCUT2D eigenvalue weighted by Gasteiger charge is -2.25. The van der Waals surface area contributed by atoms with Crippen molar-refractivity contribution in [3.8, 4) is 28.7 Å². The van der Waals surface area contributed by atoms with Crippen molar-refractivity contribution in [1.29, 1.82) is 5.26 Å². The van der Waals surface area contributed by atoms with Crippen molar-refractivity contribution in [3.63, 3.8) is 0 Å². The van der Waals surface area contributed by atoms with Crippen molar-refractivity contribution >= 4 is 28.6 Å². The molecule has 4 N–H and O–H groups in total. The van der Waals surface area contributed by atoms with Gasteiger partial charge in [-0.25, -0.2) is 4.98 Å². The monoisotopic (exact) mass is 611 g/mol. The number of nitrogens with zero attached hydrogens (tertiary/aromatic N) is 3. The maximum absolute atomic E-state index is 11.7. The molecular weight excluding hydrogens is 582 g/mol. The molecule has 3 aromatic carbocycles. The number of aromatic nitrogens is 3. The number of carboxylic acids is 1. The molecule has 2 aromatic heterocycles. The van der Waals surface area contributed by atoms with Crippen LogP contribution in [0.1, 0.15) is 34.7 Å². The maximum atomic E-state index is 11.7. The standard InChI is InChI=1S/C33H30ClN5O5/c1-20-24(4-3-5-26(20)23-6-7-28-29(10-23)38-19-37-28)17-44-31-11-30(43-16-22-8-21(12-35)13-36-14-22)25(9-27(31)34)15-39-33(2,18-40)32(41)42/h3-11,13-14,19,39-40H,15-18H2,1-2H3,(H,37,38)(H,41,42)/t33-/m1/s1. The summed E-state index contributed by atoms with van der Waals surface area (Å²) in [6, 6.07) is 19.1. The average molecular weight is 612 g/mol. The van der Waals surface area contributed by atoms with E-state index in [4.69, 9.17) is 21.1 Å². The van der Waals surface area contributed by atoms with E-state index < -0.39 is 18.1 Å². The number of benzene rings is 3. The van der Waals surface area contributed by atoms with Crippen LogP contribution in [0.25, 0.3) is 22.2 Å². The van der Waals surface area contributed by atoms with E-state index in [2.05, 4.69) is 38.5 Å². The number of nitriles is 1. The Kier molecular flexibility index (Phi) is 9.11. The Labute approximate surface area is 258 Å². The lowest BCUT2D eigenvalue weighted by Crippen LogP contribution is -2.52. The fraction of sp³-hybridized carbons (Fsp3) is 0.212. The lowest BCUT2D eigenvalue weighted by atomic mass is 9.96. The molecular formula is C33H30ClN5O5. The van der Waals surface area contributed by atoms with Gasteiger partial charge in [0.2, 0.25) is 0 Å². The van der Waals surface area contributed by atoms with Crippen LogP contribution >= 0.6 is 11.6 Å². The van der Waals surface area contributed by atoms with Crippen LogP contribution in [-0.4, -0.2) is 43.3 Å². The summed E-state index contributed by atoms with van der Waals surface area (Å²) in [6.45, 7) is 3.17. The molecule has 0 bridgehead atoms. The largest absolute Gasteiger partial charge is 0.488 e. The van der Waals surface area contributed by atoms with Crippen LogP contribution in [0, 0.1) is 18.3 Å². The molecule has 1 atom stereocenters. The smallest absolute Gasteiger partial charge is 0.326 e. The molecule has 5 aromatic rings. The summed E-state index contributed by atoms with van der Waals surface area (Å²) >= 11 is 6.65. The van der Waals surface area contributed by atoms with Crippen LogP contribution in [0.4, 0.5) is 0 Å². The van der Waals surface area contributed by atoms with Gasteiger partial charge < -0.3 is 24.7 Å². The second kappa shape index (κ2) is 13.1. The number of aromatic amines is 1. The molecule has 0 amide bonds. The molecule has 0 spiro atoms. The Morgan fingerprint density at radius 2 is 1.91 bits per heavy atom.